The third-order valence-corrected chi connectivity index (χ3v) is 2.67. The van der Waals surface area contributed by atoms with E-state index in [0.29, 0.717) is 11.4 Å². The number of hydrogen-bond acceptors (Lipinski definition) is 2. The second kappa shape index (κ2) is 5.35. The number of rotatable bonds is 4. The van der Waals surface area contributed by atoms with Gasteiger partial charge < -0.3 is 9.84 Å². The molecule has 0 aliphatic heterocycles. The molecular weight excluding hydrogens is 200 g/mol. The molecule has 14 heavy (non-hydrogen) atoms. The molecule has 0 spiro atoms. The molecule has 3 heteroatoms. The summed E-state index contributed by atoms with van der Waals surface area (Å²) in [5, 5.41) is 10.4. The zero-order valence-corrected chi connectivity index (χ0v) is 9.16. The highest BCUT2D eigenvalue weighted by atomic mass is 35.5. The second-order valence-corrected chi connectivity index (χ2v) is 3.71. The Bertz CT molecular complexity index is 288. The van der Waals surface area contributed by atoms with E-state index in [9.17, 15) is 5.11 Å². The normalized spacial score (nSPS) is 15.1. The smallest absolute Gasteiger partial charge is 0.0839 e. The third-order valence-electron chi connectivity index (χ3n) is 2.30. The van der Waals surface area contributed by atoms with Crippen molar-refractivity contribution in [3.63, 3.8) is 0 Å². The van der Waals surface area contributed by atoms with Gasteiger partial charge >= 0.3 is 0 Å². The summed E-state index contributed by atoms with van der Waals surface area (Å²) < 4.78 is 5.03. The van der Waals surface area contributed by atoms with Crippen LogP contribution in [-0.4, -0.2) is 24.4 Å². The molecule has 2 atom stereocenters. The number of aliphatic hydroxyl groups excluding tert-OH is 1. The summed E-state index contributed by atoms with van der Waals surface area (Å²) in [5.74, 6) is 0. The van der Waals surface area contributed by atoms with Gasteiger partial charge in [-0.25, -0.2) is 0 Å². The van der Waals surface area contributed by atoms with Crippen LogP contribution in [0.3, 0.4) is 0 Å². The minimum absolute atomic E-state index is 0.175. The van der Waals surface area contributed by atoms with Crippen LogP contribution in [-0.2, 0) is 11.2 Å². The average Bonchev–Trinajstić information content (AvgIpc) is 2.20. The summed E-state index contributed by atoms with van der Waals surface area (Å²) in [6, 6.07) is 7.51. The van der Waals surface area contributed by atoms with Crippen molar-refractivity contribution in [2.24, 2.45) is 0 Å². The van der Waals surface area contributed by atoms with Gasteiger partial charge in [-0.15, -0.1) is 0 Å². The maximum Gasteiger partial charge on any atom is 0.0839 e. The first-order valence-corrected chi connectivity index (χ1v) is 4.97. The Morgan fingerprint density at radius 2 is 2.07 bits per heavy atom. The van der Waals surface area contributed by atoms with Gasteiger partial charge in [0.05, 0.1) is 12.2 Å². The van der Waals surface area contributed by atoms with Gasteiger partial charge in [0, 0.05) is 18.6 Å². The van der Waals surface area contributed by atoms with E-state index in [1.54, 1.807) is 7.11 Å². The number of benzene rings is 1. The van der Waals surface area contributed by atoms with E-state index in [1.807, 2.05) is 31.2 Å². The van der Waals surface area contributed by atoms with Gasteiger partial charge in [-0.05, 0) is 18.6 Å². The standard InChI is InChI=1S/C11H15ClO2/c1-8(14-2)11(13)7-9-5-3-4-6-10(9)12/h3-6,8,11,13H,7H2,1-2H3. The Balaban J connectivity index is 2.64. The van der Waals surface area contributed by atoms with Crippen LogP contribution >= 0.6 is 11.6 Å². The van der Waals surface area contributed by atoms with E-state index in [4.69, 9.17) is 16.3 Å². The fraction of sp³-hybridized carbons (Fsp3) is 0.455. The molecular formula is C11H15ClO2. The van der Waals surface area contributed by atoms with Crippen LogP contribution in [0, 0.1) is 0 Å². The second-order valence-electron chi connectivity index (χ2n) is 3.30. The fourth-order valence-corrected chi connectivity index (χ4v) is 1.43. The Morgan fingerprint density at radius 3 is 2.64 bits per heavy atom. The SMILES string of the molecule is COC(C)C(O)Cc1ccccc1Cl. The molecule has 0 aromatic heterocycles. The highest BCUT2D eigenvalue weighted by Gasteiger charge is 2.14. The number of hydrogen-bond donors (Lipinski definition) is 1. The van der Waals surface area contributed by atoms with Gasteiger partial charge in [0.25, 0.3) is 0 Å². The van der Waals surface area contributed by atoms with Crippen LogP contribution in [0.5, 0.6) is 0 Å². The first-order valence-electron chi connectivity index (χ1n) is 4.59. The van der Waals surface area contributed by atoms with Crippen molar-refractivity contribution in [2.75, 3.05) is 7.11 Å². The molecule has 0 heterocycles. The first kappa shape index (κ1) is 11.5. The maximum absolute atomic E-state index is 9.71. The summed E-state index contributed by atoms with van der Waals surface area (Å²) in [5.41, 5.74) is 0.950. The van der Waals surface area contributed by atoms with E-state index in [-0.39, 0.29) is 6.10 Å². The summed E-state index contributed by atoms with van der Waals surface area (Å²) in [7, 11) is 1.58. The van der Waals surface area contributed by atoms with E-state index in [1.165, 1.54) is 0 Å². The summed E-state index contributed by atoms with van der Waals surface area (Å²) in [4.78, 5) is 0. The average molecular weight is 215 g/mol. The fourth-order valence-electron chi connectivity index (χ4n) is 1.21. The van der Waals surface area contributed by atoms with Crippen LogP contribution in [0.2, 0.25) is 5.02 Å². The van der Waals surface area contributed by atoms with Crippen LogP contribution in [0.25, 0.3) is 0 Å². The number of aliphatic hydroxyl groups is 1. The van der Waals surface area contributed by atoms with E-state index in [2.05, 4.69) is 0 Å². The van der Waals surface area contributed by atoms with Crippen LogP contribution in [0.15, 0.2) is 24.3 Å². The van der Waals surface area contributed by atoms with Gasteiger partial charge in [-0.1, -0.05) is 29.8 Å². The zero-order chi connectivity index (χ0) is 10.6. The summed E-state index contributed by atoms with van der Waals surface area (Å²) in [6.07, 6.45) is -0.166. The highest BCUT2D eigenvalue weighted by Crippen LogP contribution is 2.17. The lowest BCUT2D eigenvalue weighted by Gasteiger charge is -2.17. The topological polar surface area (TPSA) is 29.5 Å². The van der Waals surface area contributed by atoms with Gasteiger partial charge in [0.15, 0.2) is 0 Å². The molecule has 0 radical (unpaired) electrons. The van der Waals surface area contributed by atoms with Crippen LogP contribution in [0.4, 0.5) is 0 Å². The van der Waals surface area contributed by atoms with Crippen molar-refractivity contribution in [2.45, 2.75) is 25.6 Å². The molecule has 78 valence electrons. The van der Waals surface area contributed by atoms with E-state index < -0.39 is 6.10 Å². The van der Waals surface area contributed by atoms with Crippen molar-refractivity contribution < 1.29 is 9.84 Å². The number of ether oxygens (including phenoxy) is 1. The third kappa shape index (κ3) is 2.98. The van der Waals surface area contributed by atoms with Crippen molar-refractivity contribution in [3.05, 3.63) is 34.9 Å². The quantitative estimate of drug-likeness (QED) is 0.834. The lowest BCUT2D eigenvalue weighted by molar-refractivity contribution is 0.000418. The molecule has 0 aliphatic carbocycles. The number of methoxy groups -OCH3 is 1. The van der Waals surface area contributed by atoms with E-state index >= 15 is 0 Å². The van der Waals surface area contributed by atoms with Gasteiger partial charge in [-0.2, -0.15) is 0 Å². The molecule has 0 saturated heterocycles. The lowest BCUT2D eigenvalue weighted by atomic mass is 10.0. The van der Waals surface area contributed by atoms with Crippen molar-refractivity contribution in [1.29, 1.82) is 0 Å². The first-order chi connectivity index (χ1) is 6.65. The van der Waals surface area contributed by atoms with Gasteiger partial charge in [0.1, 0.15) is 0 Å². The molecule has 0 fully saturated rings. The molecule has 1 aromatic carbocycles. The Morgan fingerprint density at radius 1 is 1.43 bits per heavy atom. The molecule has 1 rings (SSSR count). The van der Waals surface area contributed by atoms with Crippen LogP contribution < -0.4 is 0 Å². The Kier molecular flexibility index (Phi) is 4.39. The largest absolute Gasteiger partial charge is 0.390 e. The molecule has 2 nitrogen and oxygen atoms in total. The van der Waals surface area contributed by atoms with Crippen LogP contribution in [0.1, 0.15) is 12.5 Å². The Labute approximate surface area is 89.5 Å². The predicted octanol–water partition coefficient (Wildman–Crippen LogP) is 2.28. The molecule has 0 bridgehead atoms. The summed E-state index contributed by atoms with van der Waals surface area (Å²) in [6.45, 7) is 1.83. The van der Waals surface area contributed by atoms with Crippen molar-refractivity contribution >= 4 is 11.6 Å². The molecule has 0 amide bonds. The maximum atomic E-state index is 9.71. The van der Waals surface area contributed by atoms with Gasteiger partial charge in [0.2, 0.25) is 0 Å². The summed E-state index contributed by atoms with van der Waals surface area (Å²) >= 11 is 5.96. The van der Waals surface area contributed by atoms with Gasteiger partial charge in [-0.3, -0.25) is 0 Å². The Hall–Kier alpha value is -0.570. The van der Waals surface area contributed by atoms with Crippen molar-refractivity contribution in [1.82, 2.24) is 0 Å². The lowest BCUT2D eigenvalue weighted by Crippen LogP contribution is -2.26. The molecule has 2 unspecified atom stereocenters. The minimum atomic E-state index is -0.514. The molecule has 0 saturated carbocycles. The van der Waals surface area contributed by atoms with E-state index in [0.717, 1.165) is 5.56 Å². The molecule has 1 N–H and O–H groups in total. The monoisotopic (exact) mass is 214 g/mol. The molecule has 0 aliphatic rings. The molecule has 1 aromatic rings. The number of halogens is 1. The predicted molar refractivity (Wildman–Crippen MR) is 57.6 cm³/mol. The highest BCUT2D eigenvalue weighted by molar-refractivity contribution is 6.31. The van der Waals surface area contributed by atoms with Crippen molar-refractivity contribution in [3.8, 4) is 0 Å². The zero-order valence-electron chi connectivity index (χ0n) is 8.40. The minimum Gasteiger partial charge on any atom is -0.390 e.